The van der Waals surface area contributed by atoms with Gasteiger partial charge in [0.15, 0.2) is 0 Å². The molecule has 0 bridgehead atoms. The molecule has 2 aromatic rings. The van der Waals surface area contributed by atoms with Crippen LogP contribution in [0.15, 0.2) is 34.2 Å². The monoisotopic (exact) mass is 583 g/mol. The van der Waals surface area contributed by atoms with Crippen molar-refractivity contribution in [2.75, 3.05) is 20.4 Å². The van der Waals surface area contributed by atoms with Gasteiger partial charge in [0.1, 0.15) is 18.5 Å². The molecule has 1 aromatic heterocycles. The third kappa shape index (κ3) is 9.99. The number of methoxy groups -OCH3 is 1. The standard InChI is InChI=1S/C21H25BrF3N3O6S/c1-20(2,3)34-18(30)28-14(9-26-17(29)33-19-27-10-15(22)35-19)16(32-11-31-4)12-5-7-13(8-6-12)21(23,24)25/h5-8,10,14,16H,9,11H2,1-4H3,(H,26,29)(H,28,30)/t14-,16+/m1/s1. The summed E-state index contributed by atoms with van der Waals surface area (Å²) in [5.74, 6) is 0. The van der Waals surface area contributed by atoms with Crippen LogP contribution in [-0.4, -0.2) is 49.3 Å². The van der Waals surface area contributed by atoms with Gasteiger partial charge in [-0.05, 0) is 54.4 Å². The van der Waals surface area contributed by atoms with Crippen LogP contribution in [0, 0.1) is 0 Å². The molecule has 14 heteroatoms. The van der Waals surface area contributed by atoms with Gasteiger partial charge in [-0.3, -0.25) is 0 Å². The lowest BCUT2D eigenvalue weighted by molar-refractivity contribution is -0.137. The number of hydrogen-bond donors (Lipinski definition) is 2. The molecule has 194 valence electrons. The summed E-state index contributed by atoms with van der Waals surface area (Å²) in [5.41, 5.74) is -1.37. The normalized spacial score (nSPS) is 13.6. The molecule has 0 aliphatic carbocycles. The predicted octanol–water partition coefficient (Wildman–Crippen LogP) is 5.27. The molecule has 2 N–H and O–H groups in total. The Morgan fingerprint density at radius 2 is 1.80 bits per heavy atom. The molecule has 1 heterocycles. The number of nitrogens with one attached hydrogen (secondary N) is 2. The maximum absolute atomic E-state index is 13.0. The lowest BCUT2D eigenvalue weighted by Gasteiger charge is -2.30. The van der Waals surface area contributed by atoms with Gasteiger partial charge in [0.05, 0.1) is 21.6 Å². The Morgan fingerprint density at radius 3 is 2.31 bits per heavy atom. The maximum Gasteiger partial charge on any atom is 0.416 e. The quantitative estimate of drug-likeness (QED) is 0.387. The summed E-state index contributed by atoms with van der Waals surface area (Å²) < 4.78 is 60.7. The minimum Gasteiger partial charge on any atom is -0.444 e. The van der Waals surface area contributed by atoms with Crippen molar-refractivity contribution >= 4 is 39.5 Å². The van der Waals surface area contributed by atoms with Crippen LogP contribution in [0.3, 0.4) is 0 Å². The summed E-state index contributed by atoms with van der Waals surface area (Å²) in [5, 5.41) is 5.17. The summed E-state index contributed by atoms with van der Waals surface area (Å²) >= 11 is 4.29. The van der Waals surface area contributed by atoms with Crippen molar-refractivity contribution in [1.82, 2.24) is 15.6 Å². The summed E-state index contributed by atoms with van der Waals surface area (Å²) in [6, 6.07) is 3.25. The first kappa shape index (κ1) is 28.8. The molecule has 2 rings (SSSR count). The van der Waals surface area contributed by atoms with Crippen LogP contribution in [-0.2, 0) is 20.4 Å². The van der Waals surface area contributed by atoms with E-state index in [9.17, 15) is 22.8 Å². The van der Waals surface area contributed by atoms with Crippen LogP contribution in [0.1, 0.15) is 38.0 Å². The number of amides is 2. The molecule has 0 aliphatic rings. The highest BCUT2D eigenvalue weighted by Gasteiger charge is 2.32. The number of carbonyl (C=O) groups is 2. The Bertz CT molecular complexity index is 982. The van der Waals surface area contributed by atoms with Crippen molar-refractivity contribution in [3.05, 3.63) is 45.4 Å². The van der Waals surface area contributed by atoms with Gasteiger partial charge in [0, 0.05) is 13.7 Å². The first-order valence-corrected chi connectivity index (χ1v) is 11.7. The zero-order valence-electron chi connectivity index (χ0n) is 19.3. The molecule has 0 fully saturated rings. The van der Waals surface area contributed by atoms with Gasteiger partial charge in [-0.15, -0.1) is 0 Å². The Labute approximate surface area is 212 Å². The molecule has 1 aromatic carbocycles. The average Bonchev–Trinajstić information content (AvgIpc) is 3.14. The number of thiazole rings is 1. The van der Waals surface area contributed by atoms with E-state index in [1.807, 2.05) is 0 Å². The molecule has 9 nitrogen and oxygen atoms in total. The second-order valence-electron chi connectivity index (χ2n) is 8.07. The molecule has 0 aliphatic heterocycles. The van der Waals surface area contributed by atoms with E-state index in [-0.39, 0.29) is 18.5 Å². The number of alkyl halides is 3. The van der Waals surface area contributed by atoms with Gasteiger partial charge < -0.3 is 29.6 Å². The van der Waals surface area contributed by atoms with E-state index in [4.69, 9.17) is 18.9 Å². The SMILES string of the molecule is COCO[C@@H](c1ccc(C(F)(F)F)cc1)[C@@H](CNC(=O)Oc1ncc(Br)s1)NC(=O)OC(C)(C)C. The van der Waals surface area contributed by atoms with E-state index in [0.717, 1.165) is 23.5 Å². The highest BCUT2D eigenvalue weighted by atomic mass is 79.9. The smallest absolute Gasteiger partial charge is 0.416 e. The van der Waals surface area contributed by atoms with Gasteiger partial charge in [0.2, 0.25) is 0 Å². The first-order valence-electron chi connectivity index (χ1n) is 10.1. The van der Waals surface area contributed by atoms with Crippen LogP contribution in [0.5, 0.6) is 5.19 Å². The lowest BCUT2D eigenvalue weighted by Crippen LogP contribution is -2.49. The van der Waals surface area contributed by atoms with Crippen LogP contribution in [0.4, 0.5) is 22.8 Å². The third-order valence-electron chi connectivity index (χ3n) is 4.10. The van der Waals surface area contributed by atoms with Gasteiger partial charge in [-0.1, -0.05) is 23.5 Å². The molecule has 0 saturated heterocycles. The second kappa shape index (κ2) is 12.5. The molecule has 2 atom stereocenters. The van der Waals surface area contributed by atoms with Gasteiger partial charge in [-0.25, -0.2) is 14.6 Å². The van der Waals surface area contributed by atoms with Gasteiger partial charge in [0.25, 0.3) is 5.19 Å². The van der Waals surface area contributed by atoms with E-state index < -0.39 is 41.7 Å². The molecular formula is C21H25BrF3N3O6S. The van der Waals surface area contributed by atoms with E-state index in [1.165, 1.54) is 25.4 Å². The van der Waals surface area contributed by atoms with Crippen molar-refractivity contribution in [3.63, 3.8) is 0 Å². The topological polar surface area (TPSA) is 108 Å². The molecule has 0 saturated carbocycles. The van der Waals surface area contributed by atoms with E-state index in [2.05, 4.69) is 31.5 Å². The number of alkyl carbamates (subject to hydrolysis) is 1. The fraction of sp³-hybridized carbons (Fsp3) is 0.476. The Balaban J connectivity index is 2.25. The fourth-order valence-corrected chi connectivity index (χ4v) is 3.75. The summed E-state index contributed by atoms with van der Waals surface area (Å²) in [6.07, 6.45) is -5.76. The number of halogens is 4. The van der Waals surface area contributed by atoms with Crippen LogP contribution in [0.2, 0.25) is 0 Å². The largest absolute Gasteiger partial charge is 0.444 e. The first-order chi connectivity index (χ1) is 16.3. The highest BCUT2D eigenvalue weighted by Crippen LogP contribution is 2.31. The summed E-state index contributed by atoms with van der Waals surface area (Å²) in [4.78, 5) is 28.6. The highest BCUT2D eigenvalue weighted by molar-refractivity contribution is 9.11. The molecule has 0 unspecified atom stereocenters. The zero-order chi connectivity index (χ0) is 26.2. The Hall–Kier alpha value is -2.42. The Kier molecular flexibility index (Phi) is 10.3. The third-order valence-corrected chi connectivity index (χ3v) is 5.46. The minimum atomic E-state index is -4.52. The van der Waals surface area contributed by atoms with E-state index >= 15 is 0 Å². The van der Waals surface area contributed by atoms with Crippen molar-refractivity contribution < 1.29 is 41.7 Å². The molecule has 0 radical (unpaired) electrons. The van der Waals surface area contributed by atoms with Crippen LogP contribution in [0.25, 0.3) is 0 Å². The molecular weight excluding hydrogens is 559 g/mol. The Morgan fingerprint density at radius 1 is 1.14 bits per heavy atom. The fourth-order valence-electron chi connectivity index (χ4n) is 2.74. The second-order valence-corrected chi connectivity index (χ2v) is 10.4. The number of rotatable bonds is 9. The van der Waals surface area contributed by atoms with Crippen molar-refractivity contribution in [3.8, 4) is 5.19 Å². The average molecular weight is 584 g/mol. The van der Waals surface area contributed by atoms with Crippen molar-refractivity contribution in [2.45, 2.75) is 44.7 Å². The number of carbonyl (C=O) groups excluding carboxylic acids is 2. The molecule has 0 spiro atoms. The number of benzene rings is 1. The lowest BCUT2D eigenvalue weighted by atomic mass is 10.0. The number of aromatic nitrogens is 1. The van der Waals surface area contributed by atoms with Crippen LogP contribution >= 0.6 is 27.3 Å². The van der Waals surface area contributed by atoms with Crippen molar-refractivity contribution in [1.29, 1.82) is 0 Å². The van der Waals surface area contributed by atoms with Crippen molar-refractivity contribution in [2.24, 2.45) is 0 Å². The summed E-state index contributed by atoms with van der Waals surface area (Å²) in [6.45, 7) is 4.53. The maximum atomic E-state index is 13.0. The van der Waals surface area contributed by atoms with E-state index in [1.54, 1.807) is 20.8 Å². The number of nitrogens with zero attached hydrogens (tertiary/aromatic N) is 1. The number of hydrogen-bond acceptors (Lipinski definition) is 8. The number of ether oxygens (including phenoxy) is 4. The zero-order valence-corrected chi connectivity index (χ0v) is 21.7. The van der Waals surface area contributed by atoms with Gasteiger partial charge in [-0.2, -0.15) is 13.2 Å². The molecule has 35 heavy (non-hydrogen) atoms. The minimum absolute atomic E-state index is 0.0842. The van der Waals surface area contributed by atoms with Crippen LogP contribution < -0.4 is 15.4 Å². The molecule has 2 amide bonds. The van der Waals surface area contributed by atoms with E-state index in [0.29, 0.717) is 9.35 Å². The summed E-state index contributed by atoms with van der Waals surface area (Å²) in [7, 11) is 1.36. The predicted molar refractivity (Wildman–Crippen MR) is 124 cm³/mol. The van der Waals surface area contributed by atoms with Gasteiger partial charge >= 0.3 is 18.4 Å².